The molecule has 0 amide bonds. The zero-order valence-corrected chi connectivity index (χ0v) is 11.4. The van der Waals surface area contributed by atoms with Gasteiger partial charge in [0.15, 0.2) is 5.75 Å². The van der Waals surface area contributed by atoms with Crippen LogP contribution in [0.1, 0.15) is 11.1 Å². The molecule has 3 nitrogen and oxygen atoms in total. The van der Waals surface area contributed by atoms with Crippen molar-refractivity contribution in [2.75, 3.05) is 5.73 Å². The average molecular weight is 303 g/mol. The van der Waals surface area contributed by atoms with Gasteiger partial charge in [-0.05, 0) is 52.7 Å². The predicted molar refractivity (Wildman–Crippen MR) is 74.5 cm³/mol. The maximum absolute atomic E-state index is 8.80. The number of nitrogens with zero attached hydrogens (tertiary/aromatic N) is 1. The molecule has 2 N–H and O–H groups in total. The molecule has 0 heterocycles. The van der Waals surface area contributed by atoms with Gasteiger partial charge in [-0.25, -0.2) is 0 Å². The van der Waals surface area contributed by atoms with E-state index >= 15 is 0 Å². The Kier molecular flexibility index (Phi) is 3.54. The molecule has 0 radical (unpaired) electrons. The fourth-order valence-corrected chi connectivity index (χ4v) is 2.04. The molecule has 2 aromatic carbocycles. The van der Waals surface area contributed by atoms with Gasteiger partial charge in [-0.15, -0.1) is 0 Å². The lowest BCUT2D eigenvalue weighted by Gasteiger charge is -2.12. The predicted octanol–water partition coefficient (Wildman–Crippen LogP) is 4.00. The fraction of sp³-hybridized carbons (Fsp3) is 0.0714. The lowest BCUT2D eigenvalue weighted by Crippen LogP contribution is -1.95. The molecule has 0 spiro atoms. The van der Waals surface area contributed by atoms with Crippen LogP contribution >= 0.6 is 15.9 Å². The molecular weight excluding hydrogens is 292 g/mol. The molecule has 0 unspecified atom stereocenters. The molecule has 0 bridgehead atoms. The van der Waals surface area contributed by atoms with Gasteiger partial charge in [-0.3, -0.25) is 0 Å². The fourth-order valence-electron chi connectivity index (χ4n) is 1.58. The van der Waals surface area contributed by atoms with Crippen molar-refractivity contribution in [2.45, 2.75) is 6.92 Å². The number of hydrogen-bond acceptors (Lipinski definition) is 3. The summed E-state index contributed by atoms with van der Waals surface area (Å²) in [6.07, 6.45) is 0. The van der Waals surface area contributed by atoms with Crippen LogP contribution < -0.4 is 10.5 Å². The second-order valence-corrected chi connectivity index (χ2v) is 4.71. The minimum Gasteiger partial charge on any atom is -0.454 e. The second-order valence-electron chi connectivity index (χ2n) is 3.85. The van der Waals surface area contributed by atoms with E-state index in [4.69, 9.17) is 15.7 Å². The van der Waals surface area contributed by atoms with Gasteiger partial charge in [-0.2, -0.15) is 5.26 Å². The molecule has 0 saturated heterocycles. The normalized spacial score (nSPS) is 9.83. The molecule has 18 heavy (non-hydrogen) atoms. The highest BCUT2D eigenvalue weighted by Crippen LogP contribution is 2.35. The van der Waals surface area contributed by atoms with Crippen molar-refractivity contribution in [3.63, 3.8) is 0 Å². The van der Waals surface area contributed by atoms with Crippen molar-refractivity contribution >= 4 is 21.6 Å². The number of nitrogens with two attached hydrogens (primary N) is 1. The van der Waals surface area contributed by atoms with Crippen LogP contribution in [0, 0.1) is 18.3 Å². The van der Waals surface area contributed by atoms with Gasteiger partial charge in [0.05, 0.1) is 21.8 Å². The van der Waals surface area contributed by atoms with E-state index in [0.29, 0.717) is 22.7 Å². The van der Waals surface area contributed by atoms with Crippen LogP contribution in [-0.4, -0.2) is 0 Å². The Morgan fingerprint density at radius 2 is 2.06 bits per heavy atom. The zero-order valence-electron chi connectivity index (χ0n) is 9.77. The number of nitriles is 1. The summed E-state index contributed by atoms with van der Waals surface area (Å²) in [5, 5.41) is 8.80. The molecule has 0 fully saturated rings. The van der Waals surface area contributed by atoms with Crippen LogP contribution in [0.25, 0.3) is 0 Å². The number of nitrogen functional groups attached to an aromatic ring is 1. The summed E-state index contributed by atoms with van der Waals surface area (Å²) in [7, 11) is 0. The van der Waals surface area contributed by atoms with E-state index in [1.165, 1.54) is 0 Å². The summed E-state index contributed by atoms with van der Waals surface area (Å²) in [5.74, 6) is 1.28. The maximum Gasteiger partial charge on any atom is 0.153 e. The number of aryl methyl sites for hydroxylation is 1. The first-order chi connectivity index (χ1) is 8.61. The Bertz CT molecular complexity index is 612. The molecule has 4 heteroatoms. The number of halogens is 1. The van der Waals surface area contributed by atoms with Crippen molar-refractivity contribution in [3.05, 3.63) is 52.0 Å². The van der Waals surface area contributed by atoms with Crippen molar-refractivity contribution in [1.29, 1.82) is 5.26 Å². The monoisotopic (exact) mass is 302 g/mol. The first-order valence-electron chi connectivity index (χ1n) is 5.34. The second kappa shape index (κ2) is 5.11. The Hall–Kier alpha value is -1.99. The quantitative estimate of drug-likeness (QED) is 0.853. The molecule has 0 aromatic heterocycles. The Morgan fingerprint density at radius 3 is 2.67 bits per heavy atom. The maximum atomic E-state index is 8.80. The number of anilines is 1. The van der Waals surface area contributed by atoms with Crippen LogP contribution in [-0.2, 0) is 0 Å². The topological polar surface area (TPSA) is 59.0 Å². The Labute approximate surface area is 114 Å². The van der Waals surface area contributed by atoms with E-state index in [0.717, 1.165) is 10.0 Å². The van der Waals surface area contributed by atoms with E-state index in [-0.39, 0.29) is 0 Å². The SMILES string of the molecule is Cc1cccc(N)c1Oc1ccc(C#N)cc1Br. The lowest BCUT2D eigenvalue weighted by molar-refractivity contribution is 0.478. The van der Waals surface area contributed by atoms with Crippen LogP contribution in [0.4, 0.5) is 5.69 Å². The van der Waals surface area contributed by atoms with Crippen LogP contribution in [0.15, 0.2) is 40.9 Å². The largest absolute Gasteiger partial charge is 0.454 e. The van der Waals surface area contributed by atoms with E-state index < -0.39 is 0 Å². The van der Waals surface area contributed by atoms with E-state index in [1.54, 1.807) is 24.3 Å². The highest BCUT2D eigenvalue weighted by atomic mass is 79.9. The first kappa shape index (κ1) is 12.5. The van der Waals surface area contributed by atoms with Crippen LogP contribution in [0.3, 0.4) is 0 Å². The summed E-state index contributed by atoms with van der Waals surface area (Å²) in [5.41, 5.74) is 8.01. The molecule has 2 aromatic rings. The van der Waals surface area contributed by atoms with Gasteiger partial charge >= 0.3 is 0 Å². The van der Waals surface area contributed by atoms with Gasteiger partial charge in [0, 0.05) is 0 Å². The van der Waals surface area contributed by atoms with Gasteiger partial charge in [0.1, 0.15) is 5.75 Å². The van der Waals surface area contributed by atoms with Gasteiger partial charge in [0.25, 0.3) is 0 Å². The summed E-state index contributed by atoms with van der Waals surface area (Å²) in [6, 6.07) is 12.8. The Morgan fingerprint density at radius 1 is 1.28 bits per heavy atom. The van der Waals surface area contributed by atoms with Crippen molar-refractivity contribution in [3.8, 4) is 17.6 Å². The number of benzene rings is 2. The molecular formula is C14H11BrN2O. The standard InChI is InChI=1S/C14H11BrN2O/c1-9-3-2-4-12(17)14(9)18-13-6-5-10(8-16)7-11(13)15/h2-7H,17H2,1H3. The molecule has 0 aliphatic heterocycles. The number of rotatable bonds is 2. The molecule has 0 aliphatic carbocycles. The molecule has 2 rings (SSSR count). The summed E-state index contributed by atoms with van der Waals surface area (Å²) in [6.45, 7) is 1.93. The highest BCUT2D eigenvalue weighted by molar-refractivity contribution is 9.10. The van der Waals surface area contributed by atoms with Crippen LogP contribution in [0.5, 0.6) is 11.5 Å². The molecule has 0 saturated carbocycles. The Balaban J connectivity index is 2.38. The van der Waals surface area contributed by atoms with Gasteiger partial charge in [0.2, 0.25) is 0 Å². The first-order valence-corrected chi connectivity index (χ1v) is 6.13. The third-order valence-corrected chi connectivity index (χ3v) is 3.14. The number of ether oxygens (including phenoxy) is 1. The molecule has 0 atom stereocenters. The summed E-state index contributed by atoms with van der Waals surface area (Å²) in [4.78, 5) is 0. The van der Waals surface area contributed by atoms with Gasteiger partial charge in [-0.1, -0.05) is 12.1 Å². The molecule has 90 valence electrons. The number of para-hydroxylation sites is 1. The highest BCUT2D eigenvalue weighted by Gasteiger charge is 2.08. The van der Waals surface area contributed by atoms with Gasteiger partial charge < -0.3 is 10.5 Å². The van der Waals surface area contributed by atoms with Crippen molar-refractivity contribution < 1.29 is 4.74 Å². The smallest absolute Gasteiger partial charge is 0.153 e. The third kappa shape index (κ3) is 2.47. The molecule has 0 aliphatic rings. The van der Waals surface area contributed by atoms with Crippen molar-refractivity contribution in [2.24, 2.45) is 0 Å². The minimum absolute atomic E-state index is 0.576. The van der Waals surface area contributed by atoms with E-state index in [1.807, 2.05) is 19.1 Å². The minimum atomic E-state index is 0.576. The summed E-state index contributed by atoms with van der Waals surface area (Å²) < 4.78 is 6.52. The average Bonchev–Trinajstić information content (AvgIpc) is 2.35. The van der Waals surface area contributed by atoms with E-state index in [2.05, 4.69) is 22.0 Å². The number of hydrogen-bond donors (Lipinski definition) is 1. The lowest BCUT2D eigenvalue weighted by atomic mass is 10.2. The third-order valence-electron chi connectivity index (χ3n) is 2.52. The zero-order chi connectivity index (χ0) is 13.1. The van der Waals surface area contributed by atoms with E-state index in [9.17, 15) is 0 Å². The van der Waals surface area contributed by atoms with Crippen LogP contribution in [0.2, 0.25) is 0 Å². The van der Waals surface area contributed by atoms with Crippen molar-refractivity contribution in [1.82, 2.24) is 0 Å². The summed E-state index contributed by atoms with van der Waals surface area (Å²) >= 11 is 3.38.